The van der Waals surface area contributed by atoms with Crippen molar-refractivity contribution in [1.29, 1.82) is 0 Å². The van der Waals surface area contributed by atoms with Gasteiger partial charge in [-0.05, 0) is 56.7 Å². The van der Waals surface area contributed by atoms with Gasteiger partial charge in [-0.15, -0.1) is 0 Å². The number of ether oxygens (including phenoxy) is 2. The summed E-state index contributed by atoms with van der Waals surface area (Å²) >= 11 is 0. The molecule has 1 unspecified atom stereocenters. The van der Waals surface area contributed by atoms with Gasteiger partial charge in [-0.2, -0.15) is 13.2 Å². The fraction of sp³-hybridized carbons (Fsp3) is 0.391. The van der Waals surface area contributed by atoms with Crippen molar-refractivity contribution in [3.8, 4) is 5.75 Å². The van der Waals surface area contributed by atoms with Gasteiger partial charge in [-0.1, -0.05) is 12.1 Å². The number of aliphatic hydroxyl groups is 1. The summed E-state index contributed by atoms with van der Waals surface area (Å²) in [6, 6.07) is 9.96. The number of aliphatic hydroxyl groups excluding tert-OH is 1. The number of anilines is 1. The van der Waals surface area contributed by atoms with Crippen molar-refractivity contribution < 1.29 is 37.3 Å². The zero-order valence-corrected chi connectivity index (χ0v) is 18.5. The number of amides is 1. The monoisotopic (exact) mass is 453 g/mol. The Morgan fingerprint density at radius 2 is 1.66 bits per heavy atom. The Bertz CT molecular complexity index is 965. The molecule has 0 aliphatic carbocycles. The topological polar surface area (TPSA) is 76.1 Å². The maximum Gasteiger partial charge on any atom is 0.418 e. The zero-order chi connectivity index (χ0) is 24.3. The Labute approximate surface area is 184 Å². The summed E-state index contributed by atoms with van der Waals surface area (Å²) in [5.41, 5.74) is -0.522. The maximum absolute atomic E-state index is 12.9. The van der Waals surface area contributed by atoms with Gasteiger partial charge in [-0.3, -0.25) is 4.79 Å². The molecule has 174 valence electrons. The number of nitrogens with zero attached hydrogens (tertiary/aromatic N) is 1. The molecular formula is C23H26F3NO5. The van der Waals surface area contributed by atoms with Crippen molar-refractivity contribution >= 4 is 17.6 Å². The van der Waals surface area contributed by atoms with E-state index in [4.69, 9.17) is 9.47 Å². The minimum absolute atomic E-state index is 0.126. The third-order valence-electron chi connectivity index (χ3n) is 4.47. The summed E-state index contributed by atoms with van der Waals surface area (Å²) in [6.45, 7) is 6.21. The van der Waals surface area contributed by atoms with Crippen molar-refractivity contribution in [2.75, 3.05) is 11.9 Å². The highest BCUT2D eigenvalue weighted by atomic mass is 19.4. The lowest BCUT2D eigenvalue weighted by molar-refractivity contribution is -0.206. The average Bonchev–Trinajstić information content (AvgIpc) is 2.69. The molecule has 2 aromatic rings. The van der Waals surface area contributed by atoms with Crippen LogP contribution in [0.2, 0.25) is 0 Å². The Morgan fingerprint density at radius 1 is 1.06 bits per heavy atom. The highest BCUT2D eigenvalue weighted by Crippen LogP contribution is 2.34. The molecule has 2 aromatic carbocycles. The fourth-order valence-corrected chi connectivity index (χ4v) is 2.71. The Morgan fingerprint density at radius 3 is 2.16 bits per heavy atom. The first-order chi connectivity index (χ1) is 14.7. The first-order valence-electron chi connectivity index (χ1n) is 9.77. The second-order valence-electron chi connectivity index (χ2n) is 8.22. The molecule has 0 aliphatic rings. The molecule has 0 heterocycles. The van der Waals surface area contributed by atoms with E-state index < -0.39 is 29.4 Å². The van der Waals surface area contributed by atoms with Crippen molar-refractivity contribution in [2.24, 2.45) is 0 Å². The number of alkyl halides is 3. The van der Waals surface area contributed by atoms with Crippen molar-refractivity contribution in [3.63, 3.8) is 0 Å². The van der Waals surface area contributed by atoms with E-state index in [0.29, 0.717) is 17.0 Å². The summed E-state index contributed by atoms with van der Waals surface area (Å²) < 4.78 is 49.8. The van der Waals surface area contributed by atoms with Crippen LogP contribution in [0.3, 0.4) is 0 Å². The van der Waals surface area contributed by atoms with Crippen LogP contribution in [0.25, 0.3) is 0 Å². The number of halogens is 3. The van der Waals surface area contributed by atoms with Crippen LogP contribution >= 0.6 is 0 Å². The predicted molar refractivity (Wildman–Crippen MR) is 112 cm³/mol. The normalized spacial score (nSPS) is 12.8. The van der Waals surface area contributed by atoms with E-state index in [2.05, 4.69) is 0 Å². The lowest BCUT2D eigenvalue weighted by atomic mass is 10.0. The van der Waals surface area contributed by atoms with Crippen LogP contribution in [0.15, 0.2) is 42.5 Å². The lowest BCUT2D eigenvalue weighted by Gasteiger charge is -2.22. The van der Waals surface area contributed by atoms with Gasteiger partial charge in [0.2, 0.25) is 5.91 Å². The van der Waals surface area contributed by atoms with Crippen LogP contribution < -0.4 is 9.64 Å². The molecule has 0 aromatic heterocycles. The molecule has 0 spiro atoms. The van der Waals surface area contributed by atoms with Crippen LogP contribution in [0.1, 0.15) is 55.3 Å². The van der Waals surface area contributed by atoms with E-state index in [9.17, 15) is 27.9 Å². The van der Waals surface area contributed by atoms with E-state index in [0.717, 1.165) is 12.1 Å². The second-order valence-corrected chi connectivity index (χ2v) is 8.22. The van der Waals surface area contributed by atoms with Crippen molar-refractivity contribution in [2.45, 2.75) is 52.2 Å². The molecule has 0 radical (unpaired) electrons. The van der Waals surface area contributed by atoms with Gasteiger partial charge in [0, 0.05) is 25.2 Å². The van der Waals surface area contributed by atoms with E-state index >= 15 is 0 Å². The van der Waals surface area contributed by atoms with Gasteiger partial charge in [0.05, 0.1) is 5.56 Å². The number of carbonyl (C=O) groups excluding carboxylic acids is 2. The third-order valence-corrected chi connectivity index (χ3v) is 4.47. The minimum Gasteiger partial charge on any atom is -0.489 e. The molecule has 1 atom stereocenters. The summed E-state index contributed by atoms with van der Waals surface area (Å²) in [5.74, 6) is -0.534. The molecule has 1 amide bonds. The summed E-state index contributed by atoms with van der Waals surface area (Å²) in [5, 5.41) is 9.57. The van der Waals surface area contributed by atoms with Gasteiger partial charge >= 0.3 is 12.1 Å². The van der Waals surface area contributed by atoms with Crippen LogP contribution in [0, 0.1) is 0 Å². The van der Waals surface area contributed by atoms with Crippen LogP contribution in [-0.2, 0) is 16.1 Å². The number of benzene rings is 2. The molecule has 0 saturated carbocycles. The molecule has 0 fully saturated rings. The van der Waals surface area contributed by atoms with Crippen molar-refractivity contribution in [1.82, 2.24) is 0 Å². The highest BCUT2D eigenvalue weighted by Gasteiger charge is 2.40. The molecule has 0 saturated heterocycles. The number of hydrogen-bond acceptors (Lipinski definition) is 5. The average molecular weight is 453 g/mol. The predicted octanol–water partition coefficient (Wildman–Crippen LogP) is 4.80. The number of carbonyl (C=O) groups is 2. The molecule has 0 aliphatic heterocycles. The first-order valence-corrected chi connectivity index (χ1v) is 9.77. The second kappa shape index (κ2) is 9.60. The van der Waals surface area contributed by atoms with E-state index in [1.807, 2.05) is 0 Å². The molecule has 2 rings (SSSR count). The summed E-state index contributed by atoms with van der Waals surface area (Å²) in [6.07, 6.45) is -7.61. The van der Waals surface area contributed by atoms with Crippen molar-refractivity contribution in [3.05, 3.63) is 59.2 Å². The molecule has 1 N–H and O–H groups in total. The van der Waals surface area contributed by atoms with E-state index in [-0.39, 0.29) is 18.1 Å². The fourth-order valence-electron chi connectivity index (χ4n) is 2.71. The van der Waals surface area contributed by atoms with Gasteiger partial charge in [0.1, 0.15) is 18.0 Å². The van der Waals surface area contributed by atoms with Gasteiger partial charge in [0.25, 0.3) is 0 Å². The molecular weight excluding hydrogens is 427 g/mol. The van der Waals surface area contributed by atoms with E-state index in [1.165, 1.54) is 17.9 Å². The lowest BCUT2D eigenvalue weighted by Crippen LogP contribution is -2.25. The van der Waals surface area contributed by atoms with Crippen LogP contribution in [0.4, 0.5) is 18.9 Å². The number of hydrogen-bond donors (Lipinski definition) is 1. The highest BCUT2D eigenvalue weighted by molar-refractivity contribution is 5.92. The Hall–Kier alpha value is -3.07. The Kier molecular flexibility index (Phi) is 7.56. The smallest absolute Gasteiger partial charge is 0.418 e. The minimum atomic E-state index is -4.88. The molecule has 32 heavy (non-hydrogen) atoms. The zero-order valence-electron chi connectivity index (χ0n) is 18.5. The molecule has 0 bridgehead atoms. The first kappa shape index (κ1) is 25.2. The van der Waals surface area contributed by atoms with Gasteiger partial charge < -0.3 is 19.5 Å². The molecule has 9 heteroatoms. The van der Waals surface area contributed by atoms with Crippen LogP contribution in [-0.4, -0.2) is 35.8 Å². The molecule has 6 nitrogen and oxygen atoms in total. The summed E-state index contributed by atoms with van der Waals surface area (Å²) in [7, 11) is 1.63. The standard InChI is InChI=1S/C23H26F3NO5/c1-14(28)27(5)17-8-10-18(11-9-17)31-13-16-7-6-15(20(29)23(24,25)26)12-19(16)21(30)32-22(2,3)4/h6-12,20,29H,13H2,1-5H3. The number of rotatable bonds is 6. The third kappa shape index (κ3) is 6.71. The maximum atomic E-state index is 12.9. The Balaban J connectivity index is 2.29. The summed E-state index contributed by atoms with van der Waals surface area (Å²) in [4.78, 5) is 25.5. The quantitative estimate of drug-likeness (QED) is 0.636. The largest absolute Gasteiger partial charge is 0.489 e. The van der Waals surface area contributed by atoms with E-state index in [1.54, 1.807) is 52.1 Å². The van der Waals surface area contributed by atoms with Crippen LogP contribution in [0.5, 0.6) is 5.75 Å². The SMILES string of the molecule is CC(=O)N(C)c1ccc(OCc2ccc(C(O)C(F)(F)F)cc2C(=O)OC(C)(C)C)cc1. The van der Waals surface area contributed by atoms with Gasteiger partial charge in [0.15, 0.2) is 6.10 Å². The van der Waals surface area contributed by atoms with Gasteiger partial charge in [-0.25, -0.2) is 4.79 Å². The number of esters is 1.